The van der Waals surface area contributed by atoms with Crippen LogP contribution in [-0.4, -0.2) is 8.42 Å². The zero-order valence-electron chi connectivity index (χ0n) is 10.1. The largest absolute Gasteiger partial charge is 0.398 e. The highest BCUT2D eigenvalue weighted by Gasteiger charge is 2.21. The van der Waals surface area contributed by atoms with Gasteiger partial charge in [0.05, 0.1) is 21.4 Å². The average molecular weight is 318 g/mol. The summed E-state index contributed by atoms with van der Waals surface area (Å²) in [7, 11) is -3.89. The molecule has 0 aliphatic rings. The van der Waals surface area contributed by atoms with E-state index in [9.17, 15) is 17.2 Å². The van der Waals surface area contributed by atoms with Gasteiger partial charge in [0.25, 0.3) is 0 Å². The quantitative estimate of drug-likeness (QED) is 0.698. The maximum absolute atomic E-state index is 13.7. The van der Waals surface area contributed by atoms with Crippen LogP contribution in [0.1, 0.15) is 5.56 Å². The molecule has 3 nitrogen and oxygen atoms in total. The van der Waals surface area contributed by atoms with Gasteiger partial charge in [0.1, 0.15) is 11.6 Å². The van der Waals surface area contributed by atoms with E-state index in [4.69, 9.17) is 17.3 Å². The summed E-state index contributed by atoms with van der Waals surface area (Å²) in [6.45, 7) is 0. The number of hydrogen-bond acceptors (Lipinski definition) is 3. The van der Waals surface area contributed by atoms with Gasteiger partial charge in [0, 0.05) is 5.56 Å². The van der Waals surface area contributed by atoms with Crippen LogP contribution in [-0.2, 0) is 15.6 Å². The van der Waals surface area contributed by atoms with Gasteiger partial charge in [0.2, 0.25) is 0 Å². The summed E-state index contributed by atoms with van der Waals surface area (Å²) >= 11 is 5.60. The first-order chi connectivity index (χ1) is 9.31. The van der Waals surface area contributed by atoms with Crippen LogP contribution in [0.3, 0.4) is 0 Å². The van der Waals surface area contributed by atoms with Crippen LogP contribution in [0.15, 0.2) is 41.3 Å². The fourth-order valence-electron chi connectivity index (χ4n) is 1.74. The van der Waals surface area contributed by atoms with Gasteiger partial charge in [-0.1, -0.05) is 23.7 Å². The lowest BCUT2D eigenvalue weighted by atomic mass is 10.2. The number of nitrogen functional groups attached to an aromatic ring is 1. The van der Waals surface area contributed by atoms with Crippen molar-refractivity contribution in [3.8, 4) is 0 Å². The predicted molar refractivity (Wildman–Crippen MR) is 73.1 cm³/mol. The maximum atomic E-state index is 13.7. The van der Waals surface area contributed by atoms with Crippen LogP contribution in [0.25, 0.3) is 0 Å². The molecule has 0 heterocycles. The Kier molecular flexibility index (Phi) is 3.96. The molecule has 0 saturated carbocycles. The molecule has 2 N–H and O–H groups in total. The molecule has 2 aromatic rings. The molecule has 0 atom stereocenters. The van der Waals surface area contributed by atoms with Crippen LogP contribution in [0.5, 0.6) is 0 Å². The third kappa shape index (κ3) is 2.91. The monoisotopic (exact) mass is 317 g/mol. The summed E-state index contributed by atoms with van der Waals surface area (Å²) in [5, 5.41) is -0.162. The van der Waals surface area contributed by atoms with E-state index in [0.29, 0.717) is 0 Å². The van der Waals surface area contributed by atoms with Crippen molar-refractivity contribution in [1.29, 1.82) is 0 Å². The van der Waals surface area contributed by atoms with Crippen molar-refractivity contribution in [2.24, 2.45) is 0 Å². The number of nitrogens with two attached hydrogens (primary N) is 1. The van der Waals surface area contributed by atoms with Gasteiger partial charge in [-0.25, -0.2) is 17.2 Å². The van der Waals surface area contributed by atoms with Crippen molar-refractivity contribution in [1.82, 2.24) is 0 Å². The molecule has 106 valence electrons. The molecule has 0 aliphatic carbocycles. The molecule has 0 unspecified atom stereocenters. The third-order valence-corrected chi connectivity index (χ3v) is 4.71. The fourth-order valence-corrected chi connectivity index (χ4v) is 3.42. The first-order valence-electron chi connectivity index (χ1n) is 5.52. The van der Waals surface area contributed by atoms with E-state index in [2.05, 4.69) is 0 Å². The summed E-state index contributed by atoms with van der Waals surface area (Å²) in [4.78, 5) is -0.238. The molecule has 2 rings (SSSR count). The SMILES string of the molecule is Nc1cc(F)ccc1S(=O)(=O)Cc1cccc(Cl)c1F. The minimum Gasteiger partial charge on any atom is -0.398 e. The van der Waals surface area contributed by atoms with Gasteiger partial charge < -0.3 is 5.73 Å². The molecule has 0 bridgehead atoms. The number of hydrogen-bond donors (Lipinski definition) is 1. The molecule has 0 aromatic heterocycles. The van der Waals surface area contributed by atoms with Crippen molar-refractivity contribution >= 4 is 27.1 Å². The molecule has 0 amide bonds. The zero-order chi connectivity index (χ0) is 14.9. The van der Waals surface area contributed by atoms with Crippen molar-refractivity contribution in [3.63, 3.8) is 0 Å². The molecular formula is C13H10ClF2NO2S. The van der Waals surface area contributed by atoms with Crippen molar-refractivity contribution < 1.29 is 17.2 Å². The molecule has 0 fully saturated rings. The van der Waals surface area contributed by atoms with Crippen LogP contribution in [0.2, 0.25) is 5.02 Å². The Morgan fingerprint density at radius 1 is 1.15 bits per heavy atom. The third-order valence-electron chi connectivity index (χ3n) is 2.68. The molecule has 0 radical (unpaired) electrons. The number of rotatable bonds is 3. The molecular weight excluding hydrogens is 308 g/mol. The summed E-state index contributed by atoms with van der Waals surface area (Å²) < 4.78 is 51.0. The van der Waals surface area contributed by atoms with Crippen LogP contribution in [0, 0.1) is 11.6 Å². The Labute approximate surface area is 119 Å². The topological polar surface area (TPSA) is 60.2 Å². The van der Waals surface area contributed by atoms with E-state index in [1.165, 1.54) is 18.2 Å². The van der Waals surface area contributed by atoms with E-state index in [0.717, 1.165) is 18.2 Å². The Morgan fingerprint density at radius 3 is 2.50 bits per heavy atom. The molecule has 20 heavy (non-hydrogen) atoms. The first kappa shape index (κ1) is 14.7. The van der Waals surface area contributed by atoms with Gasteiger partial charge >= 0.3 is 0 Å². The average Bonchev–Trinajstić information content (AvgIpc) is 2.34. The summed E-state index contributed by atoms with van der Waals surface area (Å²) in [6.07, 6.45) is 0. The fraction of sp³-hybridized carbons (Fsp3) is 0.0769. The number of anilines is 1. The molecule has 0 aliphatic heterocycles. The molecule has 7 heteroatoms. The second-order valence-corrected chi connectivity index (χ2v) is 6.52. The van der Waals surface area contributed by atoms with E-state index >= 15 is 0 Å². The van der Waals surface area contributed by atoms with Crippen molar-refractivity contribution in [2.75, 3.05) is 5.73 Å². The summed E-state index contributed by atoms with van der Waals surface area (Å²) in [5.74, 6) is -2.04. The maximum Gasteiger partial charge on any atom is 0.184 e. The van der Waals surface area contributed by atoms with E-state index in [-0.39, 0.29) is 21.2 Å². The van der Waals surface area contributed by atoms with E-state index in [1.54, 1.807) is 0 Å². The van der Waals surface area contributed by atoms with Gasteiger partial charge in [-0.15, -0.1) is 0 Å². The van der Waals surface area contributed by atoms with Gasteiger partial charge in [0.15, 0.2) is 9.84 Å². The van der Waals surface area contributed by atoms with Crippen LogP contribution >= 0.6 is 11.6 Å². The zero-order valence-corrected chi connectivity index (χ0v) is 11.7. The Hall–Kier alpha value is -1.66. The minimum atomic E-state index is -3.89. The number of halogens is 3. The molecule has 2 aromatic carbocycles. The smallest absolute Gasteiger partial charge is 0.184 e. The van der Waals surface area contributed by atoms with E-state index in [1.807, 2.05) is 0 Å². The second kappa shape index (κ2) is 5.38. The lowest BCUT2D eigenvalue weighted by Crippen LogP contribution is -2.09. The first-order valence-corrected chi connectivity index (χ1v) is 7.55. The lowest BCUT2D eigenvalue weighted by Gasteiger charge is -2.09. The van der Waals surface area contributed by atoms with Crippen LogP contribution < -0.4 is 5.73 Å². The lowest BCUT2D eigenvalue weighted by molar-refractivity contribution is 0.586. The van der Waals surface area contributed by atoms with Gasteiger partial charge in [-0.3, -0.25) is 0 Å². The Bertz CT molecular complexity index is 763. The van der Waals surface area contributed by atoms with Crippen LogP contribution in [0.4, 0.5) is 14.5 Å². The highest BCUT2D eigenvalue weighted by molar-refractivity contribution is 7.90. The van der Waals surface area contributed by atoms with Crippen molar-refractivity contribution in [3.05, 3.63) is 58.6 Å². The standard InChI is InChI=1S/C13H10ClF2NO2S/c14-10-3-1-2-8(13(10)16)7-20(18,19)12-5-4-9(15)6-11(12)17/h1-6H,7,17H2. The second-order valence-electron chi connectivity index (χ2n) is 4.15. The number of sulfone groups is 1. The van der Waals surface area contributed by atoms with Gasteiger partial charge in [-0.05, 0) is 24.3 Å². The Balaban J connectivity index is 2.44. The normalized spacial score (nSPS) is 11.6. The predicted octanol–water partition coefficient (Wildman–Crippen LogP) is 3.17. The summed E-state index contributed by atoms with van der Waals surface area (Å²) in [6, 6.07) is 7.03. The molecule has 0 saturated heterocycles. The Morgan fingerprint density at radius 2 is 1.85 bits per heavy atom. The van der Waals surface area contributed by atoms with Gasteiger partial charge in [-0.2, -0.15) is 0 Å². The van der Waals surface area contributed by atoms with Crippen molar-refractivity contribution in [2.45, 2.75) is 10.6 Å². The molecule has 0 spiro atoms. The number of benzene rings is 2. The highest BCUT2D eigenvalue weighted by atomic mass is 35.5. The highest BCUT2D eigenvalue weighted by Crippen LogP contribution is 2.26. The van der Waals surface area contributed by atoms with E-state index < -0.39 is 27.2 Å². The minimum absolute atomic E-state index is 0.0683. The summed E-state index contributed by atoms with van der Waals surface area (Å²) in [5.41, 5.74) is 5.21.